The molecule has 8 unspecified atom stereocenters. The fourth-order valence-electron chi connectivity index (χ4n) is 9.73. The van der Waals surface area contributed by atoms with E-state index in [1.165, 1.54) is 12.0 Å². The molecule has 1 spiro atoms. The standard InChI is InChI=1S/C40H39N3/c1-3-13-26(14-4-1)37-41-38(27-15-5-2-6-16-27)43-39(42-37)28-23-24-32-31-19-9-12-22-35(31)40(36(32)25-28)33-20-10-7-17-29(33)30-18-8-11-21-34(30)40/h1-10,12-15,17-20,22-24,27-29,32-33,36,38-39,43H,11,16,21,25H2,(H,41,42)/t27-,28?,29?,32?,33?,36?,38?,39?,40?/m0/s1. The van der Waals surface area contributed by atoms with E-state index in [2.05, 4.69) is 138 Å². The molecule has 9 atom stereocenters. The van der Waals surface area contributed by atoms with Crippen LogP contribution in [0, 0.1) is 29.6 Å². The summed E-state index contributed by atoms with van der Waals surface area (Å²) in [6, 6.07) is 20.1. The van der Waals surface area contributed by atoms with Crippen molar-refractivity contribution >= 4 is 5.84 Å². The minimum absolute atomic E-state index is 0.0254. The van der Waals surface area contributed by atoms with Gasteiger partial charge in [0.1, 0.15) is 12.0 Å². The average Bonchev–Trinajstić information content (AvgIpc) is 3.56. The van der Waals surface area contributed by atoms with E-state index in [9.17, 15) is 0 Å². The van der Waals surface area contributed by atoms with Crippen molar-refractivity contribution < 1.29 is 0 Å². The number of hydrogen-bond acceptors (Lipinski definition) is 3. The topological polar surface area (TPSA) is 36.4 Å². The highest BCUT2D eigenvalue weighted by atomic mass is 15.3. The minimum atomic E-state index is 0.0254. The van der Waals surface area contributed by atoms with Crippen LogP contribution in [-0.2, 0) is 5.41 Å². The van der Waals surface area contributed by atoms with E-state index < -0.39 is 0 Å². The first kappa shape index (κ1) is 25.5. The predicted octanol–water partition coefficient (Wildman–Crippen LogP) is 7.66. The Balaban J connectivity index is 1.14. The van der Waals surface area contributed by atoms with Crippen molar-refractivity contribution in [2.24, 2.45) is 34.6 Å². The third-order valence-electron chi connectivity index (χ3n) is 11.4. The Bertz CT molecular complexity index is 1680. The molecule has 6 aliphatic carbocycles. The number of allylic oxidation sites excluding steroid dienone is 12. The number of fused-ring (bicyclic) bond motifs is 9. The lowest BCUT2D eigenvalue weighted by Gasteiger charge is -2.46. The van der Waals surface area contributed by atoms with Gasteiger partial charge < -0.3 is 5.32 Å². The second-order valence-electron chi connectivity index (χ2n) is 13.4. The molecule has 0 aromatic heterocycles. The molecule has 2 N–H and O–H groups in total. The molecule has 2 aromatic rings. The first-order valence-corrected chi connectivity index (χ1v) is 16.3. The van der Waals surface area contributed by atoms with E-state index in [0.717, 1.165) is 25.1 Å². The van der Waals surface area contributed by atoms with Crippen molar-refractivity contribution in [2.75, 3.05) is 0 Å². The summed E-state index contributed by atoms with van der Waals surface area (Å²) in [4.78, 5) is 5.41. The van der Waals surface area contributed by atoms with Crippen LogP contribution in [0.4, 0.5) is 0 Å². The summed E-state index contributed by atoms with van der Waals surface area (Å²) in [7, 11) is 0. The van der Waals surface area contributed by atoms with Gasteiger partial charge in [0.2, 0.25) is 0 Å². The highest BCUT2D eigenvalue weighted by Gasteiger charge is 2.63. The van der Waals surface area contributed by atoms with Crippen LogP contribution in [0.1, 0.15) is 48.3 Å². The SMILES string of the molecule is C1=CC[C@@H](C2NC(c3ccccc3)=NC(C3C=CC4c5ccccc5C5(C6=C(C=CCC6)C6C=CC=CC65)C4C3)N2)C=C1. The fraction of sp³-hybridized carbons (Fsp3) is 0.325. The van der Waals surface area contributed by atoms with Crippen LogP contribution in [0.5, 0.6) is 0 Å². The molecule has 9 rings (SSSR count). The lowest BCUT2D eigenvalue weighted by Crippen LogP contribution is -2.59. The van der Waals surface area contributed by atoms with Gasteiger partial charge in [0, 0.05) is 40.6 Å². The summed E-state index contributed by atoms with van der Waals surface area (Å²) in [6.45, 7) is 0. The average molecular weight is 562 g/mol. The normalized spacial score (nSPS) is 38.0. The molecule has 0 radical (unpaired) electrons. The van der Waals surface area contributed by atoms with E-state index in [1.807, 2.05) is 0 Å². The van der Waals surface area contributed by atoms with E-state index >= 15 is 0 Å². The van der Waals surface area contributed by atoms with Crippen molar-refractivity contribution in [2.45, 2.75) is 49.3 Å². The Morgan fingerprint density at radius 3 is 2.53 bits per heavy atom. The Morgan fingerprint density at radius 1 is 0.767 bits per heavy atom. The van der Waals surface area contributed by atoms with Gasteiger partial charge in [0.15, 0.2) is 0 Å². The van der Waals surface area contributed by atoms with E-state index in [-0.39, 0.29) is 17.7 Å². The summed E-state index contributed by atoms with van der Waals surface area (Å²) in [5.74, 6) is 3.65. The zero-order valence-electron chi connectivity index (χ0n) is 24.5. The van der Waals surface area contributed by atoms with Crippen LogP contribution in [0.25, 0.3) is 0 Å². The second kappa shape index (κ2) is 10.1. The zero-order valence-corrected chi connectivity index (χ0v) is 24.5. The van der Waals surface area contributed by atoms with Crippen LogP contribution in [-0.4, -0.2) is 18.2 Å². The van der Waals surface area contributed by atoms with Gasteiger partial charge in [-0.1, -0.05) is 133 Å². The van der Waals surface area contributed by atoms with Gasteiger partial charge in [-0.3, -0.25) is 5.32 Å². The maximum Gasteiger partial charge on any atom is 0.131 e. The minimum Gasteiger partial charge on any atom is -0.354 e. The molecule has 0 saturated heterocycles. The number of aliphatic imine (C=N–C) groups is 1. The van der Waals surface area contributed by atoms with Crippen LogP contribution in [0.3, 0.4) is 0 Å². The van der Waals surface area contributed by atoms with Gasteiger partial charge in [-0.05, 0) is 48.3 Å². The maximum atomic E-state index is 5.41. The highest BCUT2D eigenvalue weighted by Crippen LogP contribution is 2.69. The molecular formula is C40H39N3. The van der Waals surface area contributed by atoms with Crippen molar-refractivity contribution in [3.63, 3.8) is 0 Å². The summed E-state index contributed by atoms with van der Waals surface area (Å²) in [6.07, 6.45) is 33.3. The zero-order chi connectivity index (χ0) is 28.4. The Kier molecular flexibility index (Phi) is 5.98. The molecule has 1 aliphatic heterocycles. The molecule has 0 fully saturated rings. The Morgan fingerprint density at radius 2 is 1.63 bits per heavy atom. The smallest absolute Gasteiger partial charge is 0.131 e. The molecule has 7 aliphatic rings. The van der Waals surface area contributed by atoms with Crippen molar-refractivity contribution in [3.8, 4) is 0 Å². The van der Waals surface area contributed by atoms with Crippen LogP contribution >= 0.6 is 0 Å². The van der Waals surface area contributed by atoms with Gasteiger partial charge in [-0.15, -0.1) is 0 Å². The number of nitrogens with zero attached hydrogens (tertiary/aromatic N) is 1. The molecule has 3 nitrogen and oxygen atoms in total. The molecule has 0 bridgehead atoms. The second-order valence-corrected chi connectivity index (χ2v) is 13.4. The van der Waals surface area contributed by atoms with Gasteiger partial charge in [-0.2, -0.15) is 0 Å². The quantitative estimate of drug-likeness (QED) is 0.378. The van der Waals surface area contributed by atoms with Crippen LogP contribution in [0.2, 0.25) is 0 Å². The number of amidine groups is 1. The number of benzene rings is 2. The third kappa shape index (κ3) is 3.80. The predicted molar refractivity (Wildman–Crippen MR) is 175 cm³/mol. The van der Waals surface area contributed by atoms with E-state index in [1.54, 1.807) is 22.3 Å². The van der Waals surface area contributed by atoms with Crippen LogP contribution in [0.15, 0.2) is 144 Å². The Labute approximate surface area is 255 Å². The monoisotopic (exact) mass is 561 g/mol. The molecule has 43 heavy (non-hydrogen) atoms. The van der Waals surface area contributed by atoms with Gasteiger partial charge >= 0.3 is 0 Å². The van der Waals surface area contributed by atoms with E-state index in [0.29, 0.717) is 35.5 Å². The summed E-state index contributed by atoms with van der Waals surface area (Å²) >= 11 is 0. The summed E-state index contributed by atoms with van der Waals surface area (Å²) < 4.78 is 0. The summed E-state index contributed by atoms with van der Waals surface area (Å²) in [5.41, 5.74) is 7.67. The van der Waals surface area contributed by atoms with Gasteiger partial charge in [-0.25, -0.2) is 4.99 Å². The molecule has 1 heterocycles. The fourth-order valence-corrected chi connectivity index (χ4v) is 9.73. The molecule has 214 valence electrons. The third-order valence-corrected chi connectivity index (χ3v) is 11.4. The molecule has 3 heteroatoms. The van der Waals surface area contributed by atoms with Crippen molar-refractivity contribution in [1.29, 1.82) is 0 Å². The lowest BCUT2D eigenvalue weighted by molar-refractivity contribution is 0.182. The molecule has 0 saturated carbocycles. The molecule has 0 amide bonds. The maximum absolute atomic E-state index is 5.41. The number of hydrogen-bond donors (Lipinski definition) is 2. The number of nitrogens with one attached hydrogen (secondary N) is 2. The molecular weight excluding hydrogens is 522 g/mol. The Hall–Kier alpha value is -3.95. The highest BCUT2D eigenvalue weighted by molar-refractivity contribution is 5.99. The first-order valence-electron chi connectivity index (χ1n) is 16.3. The number of rotatable bonds is 3. The van der Waals surface area contributed by atoms with Gasteiger partial charge in [0.05, 0.1) is 6.17 Å². The van der Waals surface area contributed by atoms with Crippen LogP contribution < -0.4 is 10.6 Å². The lowest BCUT2D eigenvalue weighted by atomic mass is 9.57. The first-order chi connectivity index (χ1) is 21.3. The summed E-state index contributed by atoms with van der Waals surface area (Å²) in [5, 5.41) is 7.79. The van der Waals surface area contributed by atoms with Gasteiger partial charge in [0.25, 0.3) is 0 Å². The van der Waals surface area contributed by atoms with Crippen molar-refractivity contribution in [3.05, 3.63) is 155 Å². The van der Waals surface area contributed by atoms with Crippen molar-refractivity contribution in [1.82, 2.24) is 10.6 Å². The van der Waals surface area contributed by atoms with E-state index in [4.69, 9.17) is 4.99 Å². The largest absolute Gasteiger partial charge is 0.354 e. The molecule has 2 aromatic carbocycles.